The van der Waals surface area contributed by atoms with E-state index in [2.05, 4.69) is 41.2 Å². The minimum Gasteiger partial charge on any atom is -0.229 e. The highest BCUT2D eigenvalue weighted by atomic mass is 32.2. The zero-order valence-corrected chi connectivity index (χ0v) is 10.9. The van der Waals surface area contributed by atoms with E-state index in [4.69, 9.17) is 0 Å². The zero-order chi connectivity index (χ0) is 11.7. The number of aromatic nitrogens is 2. The van der Waals surface area contributed by atoms with Crippen molar-refractivity contribution < 1.29 is 0 Å². The molecule has 0 aliphatic rings. The molecular weight excluding hydrogens is 248 g/mol. The largest absolute Gasteiger partial charge is 0.229 e. The first-order valence-corrected chi connectivity index (χ1v) is 6.96. The van der Waals surface area contributed by atoms with Crippen molar-refractivity contribution in [3.63, 3.8) is 0 Å². The van der Waals surface area contributed by atoms with Crippen LogP contribution in [0.15, 0.2) is 52.0 Å². The second kappa shape index (κ2) is 4.47. The highest BCUT2D eigenvalue weighted by molar-refractivity contribution is 7.99. The van der Waals surface area contributed by atoms with Gasteiger partial charge in [0.15, 0.2) is 5.16 Å². The van der Waals surface area contributed by atoms with Gasteiger partial charge in [0.1, 0.15) is 0 Å². The maximum Gasteiger partial charge on any atom is 0.193 e. The molecule has 0 fully saturated rings. The van der Waals surface area contributed by atoms with Crippen molar-refractivity contribution in [3.05, 3.63) is 47.5 Å². The predicted molar refractivity (Wildman–Crippen MR) is 72.7 cm³/mol. The van der Waals surface area contributed by atoms with E-state index in [1.54, 1.807) is 23.1 Å². The topological polar surface area (TPSA) is 25.8 Å². The molecule has 3 aromatic rings. The number of nitrogens with zero attached hydrogens (tertiary/aromatic N) is 2. The Morgan fingerprint density at radius 3 is 2.76 bits per heavy atom. The molecule has 3 rings (SSSR count). The summed E-state index contributed by atoms with van der Waals surface area (Å²) in [7, 11) is 0. The minimum absolute atomic E-state index is 0.805. The van der Waals surface area contributed by atoms with Gasteiger partial charge in [0, 0.05) is 11.1 Å². The Bertz CT molecular complexity index is 644. The Balaban J connectivity index is 1.91. The molecule has 2 nitrogen and oxygen atoms in total. The highest BCUT2D eigenvalue weighted by Crippen LogP contribution is 2.27. The van der Waals surface area contributed by atoms with Crippen LogP contribution in [0.3, 0.4) is 0 Å². The van der Waals surface area contributed by atoms with Crippen molar-refractivity contribution in [2.24, 2.45) is 0 Å². The van der Waals surface area contributed by atoms with E-state index in [0.29, 0.717) is 0 Å². The van der Waals surface area contributed by atoms with Crippen molar-refractivity contribution in [3.8, 4) is 0 Å². The molecule has 84 valence electrons. The number of hydrogen-bond donors (Lipinski definition) is 0. The first-order valence-electron chi connectivity index (χ1n) is 5.26. The molecule has 0 radical (unpaired) electrons. The van der Waals surface area contributed by atoms with Crippen LogP contribution in [0.1, 0.15) is 5.56 Å². The van der Waals surface area contributed by atoms with E-state index in [9.17, 15) is 0 Å². The van der Waals surface area contributed by atoms with E-state index >= 15 is 0 Å². The molecule has 0 aliphatic carbocycles. The number of benzene rings is 1. The van der Waals surface area contributed by atoms with Crippen molar-refractivity contribution in [2.75, 3.05) is 0 Å². The lowest BCUT2D eigenvalue weighted by Crippen LogP contribution is -1.84. The average molecular weight is 258 g/mol. The van der Waals surface area contributed by atoms with Gasteiger partial charge in [-0.15, -0.1) is 11.3 Å². The molecule has 2 aromatic heterocycles. The van der Waals surface area contributed by atoms with Crippen molar-refractivity contribution >= 4 is 33.3 Å². The Labute approximate surface area is 108 Å². The molecule has 2 heterocycles. The second-order valence-corrected chi connectivity index (χ2v) is 5.73. The van der Waals surface area contributed by atoms with Gasteiger partial charge < -0.3 is 0 Å². The SMILES string of the molecule is Cc1ccc(Sc2ncc3sccc3n2)cc1. The van der Waals surface area contributed by atoms with E-state index in [0.717, 1.165) is 15.4 Å². The smallest absolute Gasteiger partial charge is 0.193 e. The summed E-state index contributed by atoms with van der Waals surface area (Å²) in [4.78, 5) is 10.0. The van der Waals surface area contributed by atoms with Crippen molar-refractivity contribution in [2.45, 2.75) is 17.0 Å². The standard InChI is InChI=1S/C13H10N2S2/c1-9-2-4-10(5-3-9)17-13-14-8-12-11(15-13)6-7-16-12/h2-8H,1H3. The lowest BCUT2D eigenvalue weighted by atomic mass is 10.2. The number of aryl methyl sites for hydroxylation is 1. The molecule has 0 unspecified atom stereocenters. The molecule has 0 bridgehead atoms. The highest BCUT2D eigenvalue weighted by Gasteiger charge is 2.03. The van der Waals surface area contributed by atoms with Crippen LogP contribution in [0.2, 0.25) is 0 Å². The van der Waals surface area contributed by atoms with E-state index in [1.807, 2.05) is 17.6 Å². The molecule has 0 saturated heterocycles. The van der Waals surface area contributed by atoms with Gasteiger partial charge in [0.2, 0.25) is 0 Å². The molecule has 17 heavy (non-hydrogen) atoms. The van der Waals surface area contributed by atoms with Crippen molar-refractivity contribution in [1.29, 1.82) is 0 Å². The van der Waals surface area contributed by atoms with Crippen LogP contribution in [-0.4, -0.2) is 9.97 Å². The van der Waals surface area contributed by atoms with Gasteiger partial charge in [-0.05, 0) is 42.3 Å². The van der Waals surface area contributed by atoms with Crippen LogP contribution in [0.25, 0.3) is 10.2 Å². The van der Waals surface area contributed by atoms with Gasteiger partial charge in [-0.2, -0.15) is 0 Å². The quantitative estimate of drug-likeness (QED) is 0.646. The first kappa shape index (κ1) is 10.7. The second-order valence-electron chi connectivity index (χ2n) is 3.74. The third kappa shape index (κ3) is 2.33. The summed E-state index contributed by atoms with van der Waals surface area (Å²) in [6.07, 6.45) is 1.89. The zero-order valence-electron chi connectivity index (χ0n) is 9.25. The minimum atomic E-state index is 0.805. The van der Waals surface area contributed by atoms with Crippen LogP contribution >= 0.6 is 23.1 Å². The summed E-state index contributed by atoms with van der Waals surface area (Å²) in [5.74, 6) is 0. The summed E-state index contributed by atoms with van der Waals surface area (Å²) >= 11 is 3.27. The lowest BCUT2D eigenvalue weighted by Gasteiger charge is -2.00. The van der Waals surface area contributed by atoms with Gasteiger partial charge in [-0.3, -0.25) is 0 Å². The molecule has 0 spiro atoms. The van der Waals surface area contributed by atoms with E-state index in [1.165, 1.54) is 10.5 Å². The molecule has 4 heteroatoms. The average Bonchev–Trinajstić information content (AvgIpc) is 2.79. The third-order valence-electron chi connectivity index (χ3n) is 2.41. The molecule has 1 aromatic carbocycles. The van der Waals surface area contributed by atoms with E-state index in [-0.39, 0.29) is 0 Å². The molecule has 0 N–H and O–H groups in total. The van der Waals surface area contributed by atoms with Gasteiger partial charge in [0.25, 0.3) is 0 Å². The van der Waals surface area contributed by atoms with Gasteiger partial charge in [0.05, 0.1) is 10.2 Å². The molecule has 0 atom stereocenters. The van der Waals surface area contributed by atoms with E-state index < -0.39 is 0 Å². The Morgan fingerprint density at radius 2 is 1.94 bits per heavy atom. The van der Waals surface area contributed by atoms with Gasteiger partial charge in [-0.25, -0.2) is 9.97 Å². The van der Waals surface area contributed by atoms with Gasteiger partial charge >= 0.3 is 0 Å². The van der Waals surface area contributed by atoms with Gasteiger partial charge in [-0.1, -0.05) is 17.7 Å². The Kier molecular flexibility index (Phi) is 2.82. The summed E-state index contributed by atoms with van der Waals surface area (Å²) in [5.41, 5.74) is 2.29. The van der Waals surface area contributed by atoms with Crippen LogP contribution < -0.4 is 0 Å². The molecular formula is C13H10N2S2. The fourth-order valence-electron chi connectivity index (χ4n) is 1.51. The molecule has 0 saturated carbocycles. The fraction of sp³-hybridized carbons (Fsp3) is 0.0769. The number of rotatable bonds is 2. The van der Waals surface area contributed by atoms with Crippen LogP contribution in [0.5, 0.6) is 0 Å². The summed E-state index contributed by atoms with van der Waals surface area (Å²) in [6.45, 7) is 2.09. The normalized spacial score (nSPS) is 10.9. The number of fused-ring (bicyclic) bond motifs is 1. The monoisotopic (exact) mass is 258 g/mol. The van der Waals surface area contributed by atoms with Crippen LogP contribution in [0, 0.1) is 6.92 Å². The number of hydrogen-bond acceptors (Lipinski definition) is 4. The Morgan fingerprint density at radius 1 is 1.12 bits per heavy atom. The fourth-order valence-corrected chi connectivity index (χ4v) is 2.93. The molecule has 0 aliphatic heterocycles. The third-order valence-corrected chi connectivity index (χ3v) is 4.14. The first-order chi connectivity index (χ1) is 8.31. The summed E-state index contributed by atoms with van der Waals surface area (Å²) in [5, 5.41) is 2.85. The summed E-state index contributed by atoms with van der Waals surface area (Å²) in [6, 6.07) is 10.4. The van der Waals surface area contributed by atoms with Crippen LogP contribution in [0.4, 0.5) is 0 Å². The number of thiophene rings is 1. The molecule has 0 amide bonds. The van der Waals surface area contributed by atoms with Crippen molar-refractivity contribution in [1.82, 2.24) is 9.97 Å². The summed E-state index contributed by atoms with van der Waals surface area (Å²) < 4.78 is 1.14. The Hall–Kier alpha value is -1.39. The lowest BCUT2D eigenvalue weighted by molar-refractivity contribution is 1.01. The maximum atomic E-state index is 4.52. The predicted octanol–water partition coefficient (Wildman–Crippen LogP) is 4.15. The maximum absolute atomic E-state index is 4.52. The van der Waals surface area contributed by atoms with Crippen LogP contribution in [-0.2, 0) is 0 Å².